The van der Waals surface area contributed by atoms with E-state index in [1.165, 1.54) is 6.07 Å². The van der Waals surface area contributed by atoms with Crippen molar-refractivity contribution in [3.8, 4) is 5.75 Å². The van der Waals surface area contributed by atoms with E-state index in [0.29, 0.717) is 30.5 Å². The van der Waals surface area contributed by atoms with E-state index in [1.807, 2.05) is 6.92 Å². The average Bonchev–Trinajstić information content (AvgIpc) is 2.38. The molecule has 0 aromatic heterocycles. The number of nitrogens with two attached hydrogens (primary N) is 1. The number of anilines is 1. The molecule has 1 atom stereocenters. The zero-order chi connectivity index (χ0) is 15.3. The maximum Gasteiger partial charge on any atom is 0.244 e. The number of hydrogen-bond acceptors (Lipinski definition) is 4. The molecule has 0 saturated heterocycles. The summed E-state index contributed by atoms with van der Waals surface area (Å²) in [6, 6.07) is 4.63. The number of hydrogen-bond donors (Lipinski definition) is 2. The minimum atomic E-state index is -3.62. The van der Waals surface area contributed by atoms with Crippen LogP contribution in [-0.4, -0.2) is 21.6 Å². The van der Waals surface area contributed by atoms with Crippen LogP contribution < -0.4 is 15.2 Å². The topological polar surface area (TPSA) is 81.4 Å². The van der Waals surface area contributed by atoms with Crippen LogP contribution in [-0.2, 0) is 10.0 Å². The molecular weight excluding hydrogens is 276 g/mol. The Morgan fingerprint density at radius 3 is 2.50 bits per heavy atom. The number of nitrogens with one attached hydrogen (secondary N) is 1. The largest absolute Gasteiger partial charge is 0.492 e. The van der Waals surface area contributed by atoms with Gasteiger partial charge in [-0.25, -0.2) is 13.1 Å². The highest BCUT2D eigenvalue weighted by atomic mass is 32.2. The molecular formula is C14H24N2O3S. The molecule has 1 aromatic carbocycles. The van der Waals surface area contributed by atoms with E-state index >= 15 is 0 Å². The summed E-state index contributed by atoms with van der Waals surface area (Å²) >= 11 is 0. The van der Waals surface area contributed by atoms with E-state index < -0.39 is 10.0 Å². The summed E-state index contributed by atoms with van der Waals surface area (Å²) < 4.78 is 32.7. The average molecular weight is 300 g/mol. The Morgan fingerprint density at radius 2 is 1.95 bits per heavy atom. The Balaban J connectivity index is 2.99. The highest BCUT2D eigenvalue weighted by Gasteiger charge is 2.21. The summed E-state index contributed by atoms with van der Waals surface area (Å²) in [6.45, 7) is 8.72. The molecule has 1 rings (SSSR count). The van der Waals surface area contributed by atoms with Crippen LogP contribution in [0.1, 0.15) is 27.7 Å². The fraction of sp³-hybridized carbons (Fsp3) is 0.571. The summed E-state index contributed by atoms with van der Waals surface area (Å²) in [4.78, 5) is 0.0929. The summed E-state index contributed by atoms with van der Waals surface area (Å²) in [7, 11) is -3.62. The Bertz CT molecular complexity index is 541. The van der Waals surface area contributed by atoms with Crippen molar-refractivity contribution in [3.63, 3.8) is 0 Å². The lowest BCUT2D eigenvalue weighted by Crippen LogP contribution is -2.30. The predicted molar refractivity (Wildman–Crippen MR) is 81.2 cm³/mol. The Hall–Kier alpha value is -1.27. The zero-order valence-corrected chi connectivity index (χ0v) is 13.3. The van der Waals surface area contributed by atoms with Crippen molar-refractivity contribution in [3.05, 3.63) is 18.2 Å². The van der Waals surface area contributed by atoms with Gasteiger partial charge in [0.25, 0.3) is 0 Å². The highest BCUT2D eigenvalue weighted by molar-refractivity contribution is 7.89. The van der Waals surface area contributed by atoms with Crippen LogP contribution >= 0.6 is 0 Å². The SMILES string of the molecule is CCOc1ccc(N)cc1S(=O)(=O)NCC(C)C(C)C. The van der Waals surface area contributed by atoms with Crippen molar-refractivity contribution in [1.29, 1.82) is 0 Å². The molecule has 0 amide bonds. The molecule has 1 aromatic rings. The molecule has 0 radical (unpaired) electrons. The van der Waals surface area contributed by atoms with Crippen molar-refractivity contribution >= 4 is 15.7 Å². The molecule has 0 spiro atoms. The third-order valence-corrected chi connectivity index (χ3v) is 4.74. The molecule has 0 aliphatic heterocycles. The Morgan fingerprint density at radius 1 is 1.30 bits per heavy atom. The first-order valence-electron chi connectivity index (χ1n) is 6.80. The molecule has 0 aliphatic carbocycles. The third-order valence-electron chi connectivity index (χ3n) is 3.29. The van der Waals surface area contributed by atoms with Crippen molar-refractivity contribution in [2.45, 2.75) is 32.6 Å². The summed E-state index contributed by atoms with van der Waals surface area (Å²) in [5.74, 6) is 0.984. The zero-order valence-electron chi connectivity index (χ0n) is 12.5. The predicted octanol–water partition coefficient (Wildman–Crippen LogP) is 2.24. The molecule has 0 saturated carbocycles. The van der Waals surface area contributed by atoms with E-state index in [0.717, 1.165) is 0 Å². The van der Waals surface area contributed by atoms with E-state index in [9.17, 15) is 8.42 Å². The van der Waals surface area contributed by atoms with E-state index in [2.05, 4.69) is 18.6 Å². The molecule has 0 bridgehead atoms. The number of ether oxygens (including phenoxy) is 1. The molecule has 5 nitrogen and oxygen atoms in total. The summed E-state index contributed by atoms with van der Waals surface area (Å²) in [6.07, 6.45) is 0. The van der Waals surface area contributed by atoms with Gasteiger partial charge >= 0.3 is 0 Å². The van der Waals surface area contributed by atoms with Gasteiger partial charge in [0.1, 0.15) is 10.6 Å². The molecule has 3 N–H and O–H groups in total. The lowest BCUT2D eigenvalue weighted by Gasteiger charge is -2.17. The maximum absolute atomic E-state index is 12.4. The first-order chi connectivity index (χ1) is 9.27. The molecule has 20 heavy (non-hydrogen) atoms. The summed E-state index contributed by atoms with van der Waals surface area (Å²) in [5.41, 5.74) is 6.07. The van der Waals surface area contributed by atoms with Gasteiger partial charge in [0.2, 0.25) is 10.0 Å². The number of benzene rings is 1. The van der Waals surface area contributed by atoms with Crippen LogP contribution in [0, 0.1) is 11.8 Å². The Labute approximate surface area is 121 Å². The van der Waals surface area contributed by atoms with Crippen LogP contribution in [0.3, 0.4) is 0 Å². The molecule has 0 aliphatic rings. The van der Waals surface area contributed by atoms with Gasteiger partial charge in [-0.3, -0.25) is 0 Å². The van der Waals surface area contributed by atoms with Crippen LogP contribution in [0.5, 0.6) is 5.75 Å². The van der Waals surface area contributed by atoms with E-state index in [1.54, 1.807) is 19.1 Å². The minimum Gasteiger partial charge on any atom is -0.492 e. The van der Waals surface area contributed by atoms with Crippen molar-refractivity contribution in [2.24, 2.45) is 11.8 Å². The highest BCUT2D eigenvalue weighted by Crippen LogP contribution is 2.26. The minimum absolute atomic E-state index is 0.0929. The van der Waals surface area contributed by atoms with Gasteiger partial charge in [-0.1, -0.05) is 20.8 Å². The first-order valence-corrected chi connectivity index (χ1v) is 8.28. The monoisotopic (exact) mass is 300 g/mol. The molecule has 6 heteroatoms. The maximum atomic E-state index is 12.4. The van der Waals surface area contributed by atoms with Gasteiger partial charge in [0, 0.05) is 12.2 Å². The van der Waals surface area contributed by atoms with Gasteiger partial charge in [0.05, 0.1) is 6.61 Å². The van der Waals surface area contributed by atoms with Gasteiger partial charge in [-0.2, -0.15) is 0 Å². The fourth-order valence-electron chi connectivity index (χ4n) is 1.56. The standard InChI is InChI=1S/C14H24N2O3S/c1-5-19-13-7-6-12(15)8-14(13)20(17,18)16-9-11(4)10(2)3/h6-8,10-11,16H,5,9,15H2,1-4H3. The van der Waals surface area contributed by atoms with Gasteiger partial charge in [-0.15, -0.1) is 0 Å². The van der Waals surface area contributed by atoms with Crippen LogP contribution in [0.25, 0.3) is 0 Å². The van der Waals surface area contributed by atoms with Crippen molar-refractivity contribution in [1.82, 2.24) is 4.72 Å². The molecule has 114 valence electrons. The first kappa shape index (κ1) is 16.8. The number of sulfonamides is 1. The lowest BCUT2D eigenvalue weighted by atomic mass is 9.99. The van der Waals surface area contributed by atoms with Gasteiger partial charge in [-0.05, 0) is 37.0 Å². The van der Waals surface area contributed by atoms with Crippen molar-refractivity contribution < 1.29 is 13.2 Å². The van der Waals surface area contributed by atoms with Gasteiger partial charge < -0.3 is 10.5 Å². The van der Waals surface area contributed by atoms with Gasteiger partial charge in [0.15, 0.2) is 0 Å². The molecule has 0 heterocycles. The van der Waals surface area contributed by atoms with E-state index in [-0.39, 0.29) is 10.8 Å². The number of rotatable bonds is 7. The normalized spacial score (nSPS) is 13.4. The molecule has 1 unspecified atom stereocenters. The second-order valence-corrected chi connectivity index (χ2v) is 6.95. The quantitative estimate of drug-likeness (QED) is 0.757. The smallest absolute Gasteiger partial charge is 0.244 e. The lowest BCUT2D eigenvalue weighted by molar-refractivity contribution is 0.331. The van der Waals surface area contributed by atoms with Crippen molar-refractivity contribution in [2.75, 3.05) is 18.9 Å². The second-order valence-electron chi connectivity index (χ2n) is 5.21. The fourth-order valence-corrected chi connectivity index (χ4v) is 2.88. The van der Waals surface area contributed by atoms with Crippen LogP contribution in [0.15, 0.2) is 23.1 Å². The van der Waals surface area contributed by atoms with Crippen LogP contribution in [0.4, 0.5) is 5.69 Å². The molecule has 0 fully saturated rings. The summed E-state index contributed by atoms with van der Waals surface area (Å²) in [5, 5.41) is 0. The Kier molecular flexibility index (Phi) is 5.83. The number of nitrogen functional groups attached to an aromatic ring is 1. The van der Waals surface area contributed by atoms with E-state index in [4.69, 9.17) is 10.5 Å². The third kappa shape index (κ3) is 4.38. The second kappa shape index (κ2) is 6.95. The van der Waals surface area contributed by atoms with Crippen LogP contribution in [0.2, 0.25) is 0 Å².